The Labute approximate surface area is 172 Å². The smallest absolute Gasteiger partial charge is 0.410 e. The van der Waals surface area contributed by atoms with E-state index in [-0.39, 0.29) is 6.09 Å². The van der Waals surface area contributed by atoms with Crippen LogP contribution in [0, 0.1) is 0 Å². The van der Waals surface area contributed by atoms with E-state index in [4.69, 9.17) is 4.74 Å². The van der Waals surface area contributed by atoms with Crippen molar-refractivity contribution >= 4 is 6.09 Å². The van der Waals surface area contributed by atoms with Gasteiger partial charge in [0.1, 0.15) is 6.61 Å². The summed E-state index contributed by atoms with van der Waals surface area (Å²) in [5, 5.41) is 0. The summed E-state index contributed by atoms with van der Waals surface area (Å²) in [4.78, 5) is 14.8. The summed E-state index contributed by atoms with van der Waals surface area (Å²) in [6.07, 6.45) is 16.6. The number of hydrogen-bond acceptors (Lipinski definition) is 2. The molecule has 0 N–H and O–H groups in total. The lowest BCUT2D eigenvalue weighted by Gasteiger charge is -2.40. The fourth-order valence-corrected chi connectivity index (χ4v) is 4.38. The van der Waals surface area contributed by atoms with Crippen molar-refractivity contribution in [3.8, 4) is 0 Å². The summed E-state index contributed by atoms with van der Waals surface area (Å²) in [6.45, 7) is 4.81. The maximum atomic E-state index is 12.8. The zero-order valence-electron chi connectivity index (χ0n) is 18.2. The molecule has 1 fully saturated rings. The molecule has 2 rings (SSSR count). The average molecular weight is 388 g/mol. The molecule has 0 radical (unpaired) electrons. The van der Waals surface area contributed by atoms with Gasteiger partial charge in [-0.3, -0.25) is 0 Å². The number of piperidine rings is 1. The number of likely N-dealkylation sites (tertiary alicyclic amines) is 1. The minimum absolute atomic E-state index is 0.128. The average Bonchev–Trinajstić information content (AvgIpc) is 2.71. The van der Waals surface area contributed by atoms with E-state index in [1.165, 1.54) is 64.2 Å². The van der Waals surface area contributed by atoms with Crippen LogP contribution in [-0.4, -0.2) is 23.1 Å². The molecule has 28 heavy (non-hydrogen) atoms. The van der Waals surface area contributed by atoms with Crippen LogP contribution in [-0.2, 0) is 11.3 Å². The van der Waals surface area contributed by atoms with E-state index in [0.717, 1.165) is 24.8 Å². The molecule has 1 heterocycles. The van der Waals surface area contributed by atoms with E-state index in [2.05, 4.69) is 13.8 Å². The van der Waals surface area contributed by atoms with E-state index < -0.39 is 0 Å². The predicted octanol–water partition coefficient (Wildman–Crippen LogP) is 7.49. The zero-order valence-corrected chi connectivity index (χ0v) is 18.2. The van der Waals surface area contributed by atoms with Crippen molar-refractivity contribution in [3.05, 3.63) is 35.9 Å². The monoisotopic (exact) mass is 387 g/mol. The van der Waals surface area contributed by atoms with E-state index in [0.29, 0.717) is 18.7 Å². The van der Waals surface area contributed by atoms with Crippen LogP contribution < -0.4 is 0 Å². The Morgan fingerprint density at radius 1 is 0.964 bits per heavy atom. The molecule has 0 spiro atoms. The largest absolute Gasteiger partial charge is 0.445 e. The quantitative estimate of drug-likeness (QED) is 0.348. The number of carbonyl (C=O) groups is 1. The lowest BCUT2D eigenvalue weighted by molar-refractivity contribution is 0.0432. The number of benzene rings is 1. The van der Waals surface area contributed by atoms with Crippen molar-refractivity contribution in [2.45, 2.75) is 116 Å². The van der Waals surface area contributed by atoms with Crippen LogP contribution in [0.15, 0.2) is 30.3 Å². The van der Waals surface area contributed by atoms with Crippen LogP contribution in [0.25, 0.3) is 0 Å². The topological polar surface area (TPSA) is 29.5 Å². The third kappa shape index (κ3) is 8.24. The lowest BCUT2D eigenvalue weighted by Crippen LogP contribution is -2.49. The highest BCUT2D eigenvalue weighted by Crippen LogP contribution is 2.27. The number of ether oxygens (including phenoxy) is 1. The molecule has 1 aliphatic heterocycles. The summed E-state index contributed by atoms with van der Waals surface area (Å²) in [5.41, 5.74) is 1.05. The minimum Gasteiger partial charge on any atom is -0.445 e. The minimum atomic E-state index is -0.128. The molecule has 0 saturated carbocycles. The Hall–Kier alpha value is -1.51. The molecule has 1 aromatic rings. The van der Waals surface area contributed by atoms with Crippen molar-refractivity contribution in [2.24, 2.45) is 0 Å². The Morgan fingerprint density at radius 3 is 2.29 bits per heavy atom. The number of carbonyl (C=O) groups excluding carboxylic acids is 1. The molecular weight excluding hydrogens is 346 g/mol. The number of rotatable bonds is 12. The van der Waals surface area contributed by atoms with Gasteiger partial charge >= 0.3 is 6.09 Å². The fourth-order valence-electron chi connectivity index (χ4n) is 4.38. The van der Waals surface area contributed by atoms with Crippen LogP contribution in [0.3, 0.4) is 0 Å². The Kier molecular flexibility index (Phi) is 11.1. The molecule has 158 valence electrons. The second-order valence-electron chi connectivity index (χ2n) is 8.50. The van der Waals surface area contributed by atoms with Crippen molar-refractivity contribution in [1.82, 2.24) is 4.90 Å². The van der Waals surface area contributed by atoms with Crippen LogP contribution in [0.5, 0.6) is 0 Å². The highest BCUT2D eigenvalue weighted by atomic mass is 16.6. The fraction of sp³-hybridized carbons (Fsp3) is 0.720. The number of unbranched alkanes of at least 4 members (excludes halogenated alkanes) is 8. The number of nitrogens with zero attached hydrogens (tertiary/aromatic N) is 1. The standard InChI is InChI=1S/C25H41NO2/c1-3-4-5-6-7-8-9-10-14-19-24-20-15-16-22(2)26(24)25(27)28-21-23-17-12-11-13-18-23/h11-13,17-18,22,24H,3-10,14-16,19-21H2,1-2H3/t22-,24+/m1/s1. The van der Waals surface area contributed by atoms with Gasteiger partial charge in [0.2, 0.25) is 0 Å². The molecule has 3 heteroatoms. The Morgan fingerprint density at radius 2 is 1.61 bits per heavy atom. The summed E-state index contributed by atoms with van der Waals surface area (Å²) in [6, 6.07) is 10.6. The molecule has 0 aliphatic carbocycles. The Bertz CT molecular complexity index is 531. The molecule has 1 saturated heterocycles. The van der Waals surface area contributed by atoms with Crippen molar-refractivity contribution in [3.63, 3.8) is 0 Å². The SMILES string of the molecule is CCCCCCCCCCC[C@H]1CCC[C@@H](C)N1C(=O)OCc1ccccc1. The summed E-state index contributed by atoms with van der Waals surface area (Å²) >= 11 is 0. The number of hydrogen-bond donors (Lipinski definition) is 0. The van der Waals surface area contributed by atoms with Crippen molar-refractivity contribution in [2.75, 3.05) is 0 Å². The van der Waals surface area contributed by atoms with E-state index in [1.54, 1.807) is 0 Å². The molecule has 2 atom stereocenters. The van der Waals surface area contributed by atoms with Gasteiger partial charge in [-0.05, 0) is 38.2 Å². The first kappa shape index (κ1) is 22.8. The summed E-state index contributed by atoms with van der Waals surface area (Å²) in [5.74, 6) is 0. The second-order valence-corrected chi connectivity index (χ2v) is 8.50. The molecule has 1 aliphatic rings. The third-order valence-corrected chi connectivity index (χ3v) is 6.08. The molecular formula is C25H41NO2. The normalized spacial score (nSPS) is 19.6. The molecule has 3 nitrogen and oxygen atoms in total. The van der Waals surface area contributed by atoms with Gasteiger partial charge < -0.3 is 9.64 Å². The molecule has 0 aromatic heterocycles. The second kappa shape index (κ2) is 13.6. The van der Waals surface area contributed by atoms with Gasteiger partial charge in [0.05, 0.1) is 0 Å². The third-order valence-electron chi connectivity index (χ3n) is 6.08. The van der Waals surface area contributed by atoms with Crippen LogP contribution in [0.4, 0.5) is 4.79 Å². The van der Waals surface area contributed by atoms with Crippen LogP contribution in [0.2, 0.25) is 0 Å². The lowest BCUT2D eigenvalue weighted by atomic mass is 9.93. The van der Waals surface area contributed by atoms with Crippen molar-refractivity contribution in [1.29, 1.82) is 0 Å². The molecule has 1 amide bonds. The molecule has 0 unspecified atom stereocenters. The first-order valence-electron chi connectivity index (χ1n) is 11.7. The van der Waals surface area contributed by atoms with Gasteiger partial charge in [-0.2, -0.15) is 0 Å². The van der Waals surface area contributed by atoms with Gasteiger partial charge in [0, 0.05) is 12.1 Å². The Balaban J connectivity index is 1.68. The first-order valence-corrected chi connectivity index (χ1v) is 11.7. The summed E-state index contributed by atoms with van der Waals surface area (Å²) < 4.78 is 5.65. The van der Waals surface area contributed by atoms with Crippen LogP contribution in [0.1, 0.15) is 103 Å². The van der Waals surface area contributed by atoms with Crippen molar-refractivity contribution < 1.29 is 9.53 Å². The van der Waals surface area contributed by atoms with E-state index in [9.17, 15) is 4.79 Å². The van der Waals surface area contributed by atoms with Gasteiger partial charge in [-0.1, -0.05) is 95.0 Å². The highest BCUT2D eigenvalue weighted by Gasteiger charge is 2.32. The predicted molar refractivity (Wildman–Crippen MR) is 117 cm³/mol. The van der Waals surface area contributed by atoms with Crippen LogP contribution >= 0.6 is 0 Å². The highest BCUT2D eigenvalue weighted by molar-refractivity contribution is 5.68. The molecule has 1 aromatic carbocycles. The molecule has 0 bridgehead atoms. The van der Waals surface area contributed by atoms with Gasteiger partial charge in [0.15, 0.2) is 0 Å². The zero-order chi connectivity index (χ0) is 20.0. The van der Waals surface area contributed by atoms with E-state index >= 15 is 0 Å². The van der Waals surface area contributed by atoms with Gasteiger partial charge in [0.25, 0.3) is 0 Å². The van der Waals surface area contributed by atoms with Gasteiger partial charge in [-0.25, -0.2) is 4.79 Å². The first-order chi connectivity index (χ1) is 13.7. The van der Waals surface area contributed by atoms with E-state index in [1.807, 2.05) is 35.2 Å². The number of amides is 1. The maximum absolute atomic E-state index is 12.8. The van der Waals surface area contributed by atoms with Gasteiger partial charge in [-0.15, -0.1) is 0 Å². The summed E-state index contributed by atoms with van der Waals surface area (Å²) in [7, 11) is 0. The maximum Gasteiger partial charge on any atom is 0.410 e.